The first kappa shape index (κ1) is 19.7. The largest absolute Gasteiger partial charge is 0.383 e. The van der Waals surface area contributed by atoms with Crippen LogP contribution in [0, 0.1) is 5.41 Å². The average Bonchev–Trinajstić information content (AvgIpc) is 3.80. The summed E-state index contributed by atoms with van der Waals surface area (Å²) in [4.78, 5) is 9.01. The molecule has 0 unspecified atom stereocenters. The van der Waals surface area contributed by atoms with E-state index in [-0.39, 0.29) is 0 Å². The van der Waals surface area contributed by atoms with Gasteiger partial charge in [0.2, 0.25) is 0 Å². The quantitative estimate of drug-likeness (QED) is 0.531. The highest BCUT2D eigenvalue weighted by Gasteiger charge is 2.50. The van der Waals surface area contributed by atoms with E-state index in [1.54, 1.807) is 0 Å². The van der Waals surface area contributed by atoms with Crippen molar-refractivity contribution < 1.29 is 4.52 Å². The van der Waals surface area contributed by atoms with Crippen molar-refractivity contribution in [3.63, 3.8) is 0 Å². The van der Waals surface area contributed by atoms with Crippen molar-refractivity contribution in [1.82, 2.24) is 24.9 Å². The Morgan fingerprint density at radius 1 is 1.00 bits per heavy atom. The molecule has 3 aromatic rings. The van der Waals surface area contributed by atoms with E-state index in [0.717, 1.165) is 29.5 Å². The van der Waals surface area contributed by atoms with Crippen molar-refractivity contribution in [3.8, 4) is 11.5 Å². The lowest BCUT2D eigenvalue weighted by molar-refractivity contribution is 0.0462. The van der Waals surface area contributed by atoms with E-state index in [1.807, 2.05) is 12.4 Å². The van der Waals surface area contributed by atoms with E-state index in [1.165, 1.54) is 75.6 Å². The molecule has 8 rings (SSSR count). The third-order valence-corrected chi connectivity index (χ3v) is 8.88. The second kappa shape index (κ2) is 7.15. The average molecular weight is 445 g/mol. The lowest BCUT2D eigenvalue weighted by atomic mass is 9.52. The minimum absolute atomic E-state index is 0.343. The first-order valence-corrected chi connectivity index (χ1v) is 12.7. The molecule has 172 valence electrons. The summed E-state index contributed by atoms with van der Waals surface area (Å²) in [6.07, 6.45) is 16.4. The minimum Gasteiger partial charge on any atom is -0.383 e. The molecule has 1 N–H and O–H groups in total. The van der Waals surface area contributed by atoms with Crippen molar-refractivity contribution in [2.45, 2.75) is 81.5 Å². The maximum absolute atomic E-state index is 5.50. The number of fused-ring (bicyclic) bond motifs is 3. The number of aryl methyl sites for hydroxylation is 1. The number of aromatic nitrogens is 5. The van der Waals surface area contributed by atoms with Crippen LogP contribution in [0.25, 0.3) is 11.5 Å². The molecule has 7 heteroatoms. The summed E-state index contributed by atoms with van der Waals surface area (Å²) < 4.78 is 7.70. The van der Waals surface area contributed by atoms with Gasteiger partial charge < -0.3 is 9.84 Å². The van der Waals surface area contributed by atoms with Gasteiger partial charge >= 0.3 is 0 Å². The van der Waals surface area contributed by atoms with E-state index in [9.17, 15) is 0 Å². The Morgan fingerprint density at radius 3 is 2.48 bits per heavy atom. The van der Waals surface area contributed by atoms with E-state index >= 15 is 0 Å². The molecule has 0 spiro atoms. The Labute approximate surface area is 194 Å². The minimum atomic E-state index is 0.343. The zero-order chi connectivity index (χ0) is 22.0. The molecule has 3 heterocycles. The van der Waals surface area contributed by atoms with E-state index in [4.69, 9.17) is 9.62 Å². The molecular formula is C26H32N6O. The molecule has 5 saturated carbocycles. The Morgan fingerprint density at radius 2 is 1.76 bits per heavy atom. The monoisotopic (exact) mass is 444 g/mol. The zero-order valence-electron chi connectivity index (χ0n) is 19.4. The number of nitrogens with one attached hydrogen (secondary N) is 1. The van der Waals surface area contributed by atoms with Crippen LogP contribution in [-0.4, -0.2) is 31.4 Å². The number of pyridine rings is 1. The van der Waals surface area contributed by atoms with Gasteiger partial charge in [-0.25, -0.2) is 0 Å². The molecule has 5 aliphatic carbocycles. The van der Waals surface area contributed by atoms with Crippen molar-refractivity contribution in [3.05, 3.63) is 41.7 Å². The van der Waals surface area contributed by atoms with Crippen LogP contribution in [0.4, 0.5) is 5.69 Å². The summed E-state index contributed by atoms with van der Waals surface area (Å²) in [5.41, 5.74) is 5.49. The van der Waals surface area contributed by atoms with Gasteiger partial charge in [-0.1, -0.05) is 5.16 Å². The Kier molecular flexibility index (Phi) is 4.28. The zero-order valence-corrected chi connectivity index (χ0v) is 19.4. The molecule has 0 saturated heterocycles. The molecule has 33 heavy (non-hydrogen) atoms. The molecule has 7 nitrogen and oxygen atoms in total. The maximum Gasteiger partial charge on any atom is 0.259 e. The van der Waals surface area contributed by atoms with Gasteiger partial charge in [0.1, 0.15) is 0 Å². The first-order valence-electron chi connectivity index (χ1n) is 12.7. The summed E-state index contributed by atoms with van der Waals surface area (Å²) in [6.45, 7) is 1.00. The van der Waals surface area contributed by atoms with Gasteiger partial charge in [-0.3, -0.25) is 9.67 Å². The summed E-state index contributed by atoms with van der Waals surface area (Å²) in [6, 6.07) is 4.54. The Balaban J connectivity index is 1.03. The highest BCUT2D eigenvalue weighted by Crippen LogP contribution is 2.58. The van der Waals surface area contributed by atoms with Gasteiger partial charge in [-0.05, 0) is 81.8 Å². The molecular weight excluding hydrogens is 412 g/mol. The molecule has 2 bridgehead atoms. The fraction of sp³-hybridized carbons (Fsp3) is 0.615. The molecule has 3 aromatic heterocycles. The third-order valence-electron chi connectivity index (χ3n) is 8.88. The normalized spacial score (nSPS) is 28.9. The predicted octanol–water partition coefficient (Wildman–Crippen LogP) is 5.32. The van der Waals surface area contributed by atoms with Gasteiger partial charge in [-0.15, -0.1) is 0 Å². The standard InChI is InChI=1S/C26H32N6O/c1-32-22(13-21(30-32)17-2-3-17)26-9-6-25(7-10-26,8-11-26)16-28-20-12-19(14-27-15-20)24-29-23(31-33-24)18-4-5-18/h12-15,17-18,28H,2-11,16H2,1H3. The predicted molar refractivity (Wildman–Crippen MR) is 125 cm³/mol. The second-order valence-corrected chi connectivity index (χ2v) is 11.2. The molecule has 0 amide bonds. The van der Waals surface area contributed by atoms with Crippen molar-refractivity contribution in [2.75, 3.05) is 11.9 Å². The van der Waals surface area contributed by atoms with Gasteiger partial charge in [-0.2, -0.15) is 10.1 Å². The highest BCUT2D eigenvalue weighted by molar-refractivity contribution is 5.59. The topological polar surface area (TPSA) is 81.7 Å². The molecule has 0 radical (unpaired) electrons. The summed E-state index contributed by atoms with van der Waals surface area (Å²) >= 11 is 0. The summed E-state index contributed by atoms with van der Waals surface area (Å²) in [5, 5.41) is 12.7. The second-order valence-electron chi connectivity index (χ2n) is 11.2. The van der Waals surface area contributed by atoms with Gasteiger partial charge in [0.05, 0.1) is 16.9 Å². The maximum atomic E-state index is 5.50. The molecule has 0 atom stereocenters. The Bertz CT molecular complexity index is 1160. The van der Waals surface area contributed by atoms with Crippen LogP contribution in [0.2, 0.25) is 0 Å². The van der Waals surface area contributed by atoms with Crippen LogP contribution in [0.3, 0.4) is 0 Å². The summed E-state index contributed by atoms with van der Waals surface area (Å²) in [7, 11) is 2.16. The van der Waals surface area contributed by atoms with Crippen molar-refractivity contribution in [2.24, 2.45) is 12.5 Å². The molecule has 0 aromatic carbocycles. The van der Waals surface area contributed by atoms with Crippen LogP contribution in [0.5, 0.6) is 0 Å². The SMILES string of the molecule is Cn1nc(C2CC2)cc1C12CCC(CNc3cncc(-c4nc(C5CC5)no4)c3)(CC1)CC2. The summed E-state index contributed by atoms with van der Waals surface area (Å²) in [5.74, 6) is 2.64. The van der Waals surface area contributed by atoms with Crippen molar-refractivity contribution >= 4 is 5.69 Å². The van der Waals surface area contributed by atoms with Crippen LogP contribution in [0.1, 0.15) is 93.3 Å². The molecule has 5 fully saturated rings. The van der Waals surface area contributed by atoms with Crippen LogP contribution in [0.15, 0.2) is 29.0 Å². The van der Waals surface area contributed by atoms with Crippen LogP contribution in [-0.2, 0) is 12.5 Å². The van der Waals surface area contributed by atoms with Gasteiger partial charge in [0.15, 0.2) is 5.82 Å². The van der Waals surface area contributed by atoms with Gasteiger partial charge in [0, 0.05) is 48.9 Å². The van der Waals surface area contributed by atoms with Crippen molar-refractivity contribution in [1.29, 1.82) is 0 Å². The first-order chi connectivity index (χ1) is 16.1. The number of hydrogen-bond donors (Lipinski definition) is 1. The molecule has 0 aliphatic heterocycles. The third kappa shape index (κ3) is 3.47. The molecule has 5 aliphatic rings. The fourth-order valence-corrected chi connectivity index (χ4v) is 6.28. The van der Waals surface area contributed by atoms with E-state index < -0.39 is 0 Å². The van der Waals surface area contributed by atoms with Crippen LogP contribution < -0.4 is 5.32 Å². The highest BCUT2D eigenvalue weighted by atomic mass is 16.5. The number of rotatable bonds is 7. The number of anilines is 1. The van der Waals surface area contributed by atoms with E-state index in [0.29, 0.717) is 22.6 Å². The lowest BCUT2D eigenvalue weighted by Crippen LogP contribution is -2.47. The van der Waals surface area contributed by atoms with Gasteiger partial charge in [0.25, 0.3) is 5.89 Å². The number of hydrogen-bond acceptors (Lipinski definition) is 6. The smallest absolute Gasteiger partial charge is 0.259 e. The van der Waals surface area contributed by atoms with Crippen LogP contribution >= 0.6 is 0 Å². The fourth-order valence-electron chi connectivity index (χ4n) is 6.28. The Hall–Kier alpha value is -2.70. The lowest BCUT2D eigenvalue weighted by Gasteiger charge is -2.53. The number of nitrogens with zero attached hydrogens (tertiary/aromatic N) is 5. The van der Waals surface area contributed by atoms with E-state index in [2.05, 4.69) is 44.3 Å².